The smallest absolute Gasteiger partial charge is 0.271 e. The summed E-state index contributed by atoms with van der Waals surface area (Å²) in [7, 11) is 1.63. The predicted octanol–water partition coefficient (Wildman–Crippen LogP) is 2.76. The molecule has 0 aliphatic rings. The molecule has 0 spiro atoms. The molecule has 2 N–H and O–H groups in total. The molecule has 0 atom stereocenters. The number of hydrogen-bond donors (Lipinski definition) is 2. The zero-order valence-corrected chi connectivity index (χ0v) is 14.7. The molecule has 8 nitrogen and oxygen atoms in total. The third kappa shape index (κ3) is 5.83. The molecule has 0 fully saturated rings. The van der Waals surface area contributed by atoms with E-state index in [1.807, 2.05) is 6.07 Å². The summed E-state index contributed by atoms with van der Waals surface area (Å²) < 4.78 is 0. The average molecular weight is 377 g/mol. The van der Waals surface area contributed by atoms with E-state index in [0.29, 0.717) is 5.69 Å². The molecule has 0 heterocycles. The number of carbonyl (C=O) groups excluding carboxylic acids is 2. The molecule has 0 bridgehead atoms. The van der Waals surface area contributed by atoms with Crippen molar-refractivity contribution in [3.05, 3.63) is 63.7 Å². The van der Waals surface area contributed by atoms with Crippen molar-refractivity contribution in [2.24, 2.45) is 0 Å². The van der Waals surface area contributed by atoms with Crippen LogP contribution in [0.3, 0.4) is 0 Å². The van der Waals surface area contributed by atoms with Gasteiger partial charge in [0.25, 0.3) is 5.69 Å². The largest absolute Gasteiger partial charge is 0.325 e. The monoisotopic (exact) mass is 376 g/mol. The first-order valence-electron chi connectivity index (χ1n) is 7.62. The lowest BCUT2D eigenvalue weighted by Gasteiger charge is -2.16. The van der Waals surface area contributed by atoms with Gasteiger partial charge in [-0.05, 0) is 25.2 Å². The van der Waals surface area contributed by atoms with Gasteiger partial charge in [0, 0.05) is 17.8 Å². The van der Waals surface area contributed by atoms with Crippen molar-refractivity contribution in [1.82, 2.24) is 4.90 Å². The maximum atomic E-state index is 12.1. The summed E-state index contributed by atoms with van der Waals surface area (Å²) in [6.07, 6.45) is 0. The zero-order chi connectivity index (χ0) is 19.1. The van der Waals surface area contributed by atoms with E-state index >= 15 is 0 Å². The summed E-state index contributed by atoms with van der Waals surface area (Å²) in [6.45, 7) is -0.0220. The second-order valence-electron chi connectivity index (χ2n) is 5.56. The fourth-order valence-corrected chi connectivity index (χ4v) is 2.40. The summed E-state index contributed by atoms with van der Waals surface area (Å²) in [5.74, 6) is -0.643. The highest BCUT2D eigenvalue weighted by molar-refractivity contribution is 6.34. The minimum absolute atomic E-state index is 0.0241. The number of anilines is 2. The molecular formula is C17H17ClN4O4. The van der Waals surface area contributed by atoms with Gasteiger partial charge in [-0.1, -0.05) is 29.8 Å². The molecule has 136 valence electrons. The van der Waals surface area contributed by atoms with Crippen LogP contribution < -0.4 is 10.6 Å². The second-order valence-corrected chi connectivity index (χ2v) is 5.96. The highest BCUT2D eigenvalue weighted by Gasteiger charge is 2.14. The number of benzene rings is 2. The fraction of sp³-hybridized carbons (Fsp3) is 0.176. The van der Waals surface area contributed by atoms with Crippen LogP contribution in [-0.2, 0) is 9.59 Å². The van der Waals surface area contributed by atoms with Crippen LogP contribution in [0.5, 0.6) is 0 Å². The lowest BCUT2D eigenvalue weighted by molar-refractivity contribution is -0.384. The standard InChI is InChI=1S/C17H17ClN4O4/c1-21(10-16(23)19-12-5-3-2-4-6-12)11-17(24)20-15-8-7-13(22(25)26)9-14(15)18/h2-9H,10-11H2,1H3,(H,19,23)(H,20,24). The van der Waals surface area contributed by atoms with Gasteiger partial charge in [0.05, 0.1) is 28.7 Å². The maximum Gasteiger partial charge on any atom is 0.271 e. The Balaban J connectivity index is 1.85. The fourth-order valence-electron chi connectivity index (χ4n) is 2.18. The molecule has 0 saturated carbocycles. The molecule has 0 aromatic heterocycles. The van der Waals surface area contributed by atoms with Gasteiger partial charge in [-0.15, -0.1) is 0 Å². The number of amides is 2. The zero-order valence-electron chi connectivity index (χ0n) is 13.9. The average Bonchev–Trinajstić information content (AvgIpc) is 2.57. The number of para-hydroxylation sites is 1. The molecule has 0 radical (unpaired) electrons. The molecule has 9 heteroatoms. The SMILES string of the molecule is CN(CC(=O)Nc1ccccc1)CC(=O)Nc1ccc([N+](=O)[O-])cc1Cl. The molecule has 2 aromatic rings. The summed E-state index contributed by atoms with van der Waals surface area (Å²) >= 11 is 5.93. The van der Waals surface area contributed by atoms with E-state index < -0.39 is 10.8 Å². The first-order chi connectivity index (χ1) is 12.3. The Hall–Kier alpha value is -2.97. The van der Waals surface area contributed by atoms with Gasteiger partial charge in [-0.2, -0.15) is 0 Å². The minimum atomic E-state index is -0.573. The second kappa shape index (κ2) is 8.93. The van der Waals surface area contributed by atoms with Gasteiger partial charge in [-0.3, -0.25) is 24.6 Å². The van der Waals surface area contributed by atoms with E-state index in [2.05, 4.69) is 10.6 Å². The number of non-ortho nitro benzene ring substituents is 1. The minimum Gasteiger partial charge on any atom is -0.325 e. The van der Waals surface area contributed by atoms with Crippen molar-refractivity contribution in [3.8, 4) is 0 Å². The van der Waals surface area contributed by atoms with Crippen LogP contribution in [0.25, 0.3) is 0 Å². The number of carbonyl (C=O) groups is 2. The van der Waals surface area contributed by atoms with E-state index in [4.69, 9.17) is 11.6 Å². The molecule has 0 saturated heterocycles. The number of nitro groups is 1. The summed E-state index contributed by atoms with van der Waals surface area (Å²) in [6, 6.07) is 12.8. The topological polar surface area (TPSA) is 105 Å². The van der Waals surface area contributed by atoms with Crippen LogP contribution in [0, 0.1) is 10.1 Å². The number of likely N-dealkylation sites (N-methyl/N-ethyl adjacent to an activating group) is 1. The van der Waals surface area contributed by atoms with Crippen molar-refractivity contribution in [2.75, 3.05) is 30.8 Å². The Morgan fingerprint density at radius 3 is 2.27 bits per heavy atom. The van der Waals surface area contributed by atoms with Gasteiger partial charge in [0.1, 0.15) is 0 Å². The maximum absolute atomic E-state index is 12.1. The third-order valence-electron chi connectivity index (χ3n) is 3.32. The van der Waals surface area contributed by atoms with Crippen molar-refractivity contribution in [1.29, 1.82) is 0 Å². The summed E-state index contributed by atoms with van der Waals surface area (Å²) in [5.41, 5.74) is 0.778. The summed E-state index contributed by atoms with van der Waals surface area (Å²) in [4.78, 5) is 35.6. The van der Waals surface area contributed by atoms with Crippen LogP contribution in [0.4, 0.5) is 17.1 Å². The van der Waals surface area contributed by atoms with E-state index in [9.17, 15) is 19.7 Å². The highest BCUT2D eigenvalue weighted by atomic mass is 35.5. The number of rotatable bonds is 7. The number of nitrogens with zero attached hydrogens (tertiary/aromatic N) is 2. The van der Waals surface area contributed by atoms with E-state index in [1.54, 1.807) is 31.3 Å². The highest BCUT2D eigenvalue weighted by Crippen LogP contribution is 2.26. The van der Waals surface area contributed by atoms with E-state index in [0.717, 1.165) is 6.07 Å². The van der Waals surface area contributed by atoms with Gasteiger partial charge in [0.15, 0.2) is 0 Å². The van der Waals surface area contributed by atoms with Crippen molar-refractivity contribution >= 4 is 40.5 Å². The normalized spacial score (nSPS) is 10.4. The van der Waals surface area contributed by atoms with Gasteiger partial charge in [-0.25, -0.2) is 0 Å². The molecule has 2 rings (SSSR count). The van der Waals surface area contributed by atoms with Crippen LogP contribution in [0.1, 0.15) is 0 Å². The molecule has 0 aliphatic carbocycles. The van der Waals surface area contributed by atoms with Crippen LogP contribution in [-0.4, -0.2) is 41.8 Å². The van der Waals surface area contributed by atoms with Crippen LogP contribution >= 0.6 is 11.6 Å². The first kappa shape index (κ1) is 19.4. The Morgan fingerprint density at radius 2 is 1.69 bits per heavy atom. The number of halogens is 1. The number of hydrogen-bond acceptors (Lipinski definition) is 5. The van der Waals surface area contributed by atoms with Gasteiger partial charge in [0.2, 0.25) is 11.8 Å². The van der Waals surface area contributed by atoms with Gasteiger partial charge < -0.3 is 10.6 Å². The Bertz CT molecular complexity index is 814. The molecule has 0 aliphatic heterocycles. The Labute approximate surface area is 154 Å². The lowest BCUT2D eigenvalue weighted by atomic mass is 10.3. The number of nitrogens with one attached hydrogen (secondary N) is 2. The third-order valence-corrected chi connectivity index (χ3v) is 3.63. The first-order valence-corrected chi connectivity index (χ1v) is 8.00. The number of nitro benzene ring substituents is 1. The van der Waals surface area contributed by atoms with Crippen molar-refractivity contribution in [2.45, 2.75) is 0 Å². The van der Waals surface area contributed by atoms with Crippen LogP contribution in [0.2, 0.25) is 5.02 Å². The molecular weight excluding hydrogens is 360 g/mol. The van der Waals surface area contributed by atoms with Crippen LogP contribution in [0.15, 0.2) is 48.5 Å². The molecule has 26 heavy (non-hydrogen) atoms. The van der Waals surface area contributed by atoms with Crippen molar-refractivity contribution < 1.29 is 14.5 Å². The van der Waals surface area contributed by atoms with Crippen molar-refractivity contribution in [3.63, 3.8) is 0 Å². The quantitative estimate of drug-likeness (QED) is 0.571. The van der Waals surface area contributed by atoms with E-state index in [-0.39, 0.29) is 35.4 Å². The molecule has 2 amide bonds. The Kier molecular flexibility index (Phi) is 6.65. The van der Waals surface area contributed by atoms with E-state index in [1.165, 1.54) is 17.0 Å². The molecule has 2 aromatic carbocycles. The molecule has 0 unspecified atom stereocenters. The lowest BCUT2D eigenvalue weighted by Crippen LogP contribution is -2.36. The summed E-state index contributed by atoms with van der Waals surface area (Å²) in [5, 5.41) is 16.0. The predicted molar refractivity (Wildman–Crippen MR) is 99.3 cm³/mol. The van der Waals surface area contributed by atoms with Gasteiger partial charge >= 0.3 is 0 Å². The Morgan fingerprint density at radius 1 is 1.08 bits per heavy atom.